The van der Waals surface area contributed by atoms with Crippen LogP contribution in [0.3, 0.4) is 0 Å². The van der Waals surface area contributed by atoms with Gasteiger partial charge in [-0.3, -0.25) is 12.2 Å². The van der Waals surface area contributed by atoms with Gasteiger partial charge in [-0.25, -0.2) is 11.1 Å². The van der Waals surface area contributed by atoms with E-state index in [-0.39, 0.29) is 50.7 Å². The summed E-state index contributed by atoms with van der Waals surface area (Å²) in [5.74, 6) is 0. The summed E-state index contributed by atoms with van der Waals surface area (Å²) in [5, 5.41) is 0. The van der Waals surface area contributed by atoms with Gasteiger partial charge in [-0.1, -0.05) is 73.5 Å². The summed E-state index contributed by atoms with van der Waals surface area (Å²) >= 11 is 0. The van der Waals surface area contributed by atoms with Crippen molar-refractivity contribution in [3.8, 4) is 0 Å². The van der Waals surface area contributed by atoms with Crippen molar-refractivity contribution in [1.29, 1.82) is 0 Å². The smallest absolute Gasteiger partial charge is 1.00 e. The van der Waals surface area contributed by atoms with E-state index < -0.39 is 0 Å². The molecule has 0 unspecified atom stereocenters. The first kappa shape index (κ1) is 27.9. The number of rotatable bonds is 2. The summed E-state index contributed by atoms with van der Waals surface area (Å²) in [7, 11) is 0. The van der Waals surface area contributed by atoms with Gasteiger partial charge in [-0.2, -0.15) is 23.3 Å². The molecule has 0 saturated heterocycles. The monoisotopic (exact) mass is 588 g/mol. The second kappa shape index (κ2) is 13.2. The van der Waals surface area contributed by atoms with Crippen LogP contribution in [0.15, 0.2) is 71.8 Å². The Balaban J connectivity index is 0.000000490. The van der Waals surface area contributed by atoms with E-state index in [1.807, 2.05) is 0 Å². The van der Waals surface area contributed by atoms with E-state index in [0.717, 1.165) is 12.8 Å². The topological polar surface area (TPSA) is 0 Å². The fraction of sp³-hybridized carbons (Fsp3) is 0.231. The molecule has 2 aromatic rings. The van der Waals surface area contributed by atoms with Gasteiger partial charge in [0, 0.05) is 0 Å². The van der Waals surface area contributed by atoms with E-state index >= 15 is 0 Å². The summed E-state index contributed by atoms with van der Waals surface area (Å²) < 4.78 is 0. The first-order valence-electron chi connectivity index (χ1n) is 9.24. The second-order valence-corrected chi connectivity index (χ2v) is 6.98. The predicted molar refractivity (Wildman–Crippen MR) is 112 cm³/mol. The summed E-state index contributed by atoms with van der Waals surface area (Å²) in [5.41, 5.74) is 10.5. The van der Waals surface area contributed by atoms with Crippen molar-refractivity contribution in [2.45, 2.75) is 40.5 Å². The van der Waals surface area contributed by atoms with Crippen LogP contribution in [0.1, 0.15) is 48.9 Å². The molecule has 0 bridgehead atoms. The van der Waals surface area contributed by atoms with Gasteiger partial charge in [-0.05, 0) is 13.8 Å². The molecule has 0 heterocycles. The summed E-state index contributed by atoms with van der Waals surface area (Å²) in [6, 6.07) is 17.3. The van der Waals surface area contributed by atoms with Crippen LogP contribution in [-0.2, 0) is 25.8 Å². The predicted octanol–water partition coefficient (Wildman–Crippen LogP) is 1.07. The molecule has 0 atom stereocenters. The van der Waals surface area contributed by atoms with Crippen molar-refractivity contribution in [3.05, 3.63) is 106 Å². The number of halogens is 2. The quantitative estimate of drug-likeness (QED) is 0.365. The van der Waals surface area contributed by atoms with Gasteiger partial charge in [0.25, 0.3) is 0 Å². The maximum atomic E-state index is 3.31. The van der Waals surface area contributed by atoms with Crippen LogP contribution in [0.2, 0.25) is 0 Å². The van der Waals surface area contributed by atoms with Crippen LogP contribution in [0.5, 0.6) is 0 Å². The summed E-state index contributed by atoms with van der Waals surface area (Å²) in [6.45, 7) is 8.47. The van der Waals surface area contributed by atoms with Gasteiger partial charge < -0.3 is 24.8 Å². The third kappa shape index (κ3) is 7.55. The molecule has 3 heteroatoms. The molecule has 2 aliphatic rings. The maximum absolute atomic E-state index is 3.31. The van der Waals surface area contributed by atoms with E-state index in [2.05, 4.69) is 101 Å². The maximum Gasteiger partial charge on any atom is 4.00 e. The van der Waals surface area contributed by atoms with Crippen LogP contribution in [0, 0.1) is 26.0 Å². The zero-order valence-electron chi connectivity index (χ0n) is 17.4. The SMILES string of the molecule is CC1=[C-]CC=C1c1ccc(C)cc1.CC1=[C-]CC=C1c1ccc(C)cc1.[Cl-].[Cl-].[Hf+4]. The first-order valence-corrected chi connectivity index (χ1v) is 9.24. The van der Waals surface area contributed by atoms with E-state index in [9.17, 15) is 0 Å². The average molecular weight is 588 g/mol. The molecule has 0 amide bonds. The van der Waals surface area contributed by atoms with Crippen molar-refractivity contribution < 1.29 is 50.7 Å². The zero-order valence-corrected chi connectivity index (χ0v) is 22.5. The van der Waals surface area contributed by atoms with Gasteiger partial charge in [0.1, 0.15) is 0 Å². The Morgan fingerprint density at radius 2 is 0.862 bits per heavy atom. The number of benzene rings is 2. The van der Waals surface area contributed by atoms with E-state index in [0.29, 0.717) is 0 Å². The fourth-order valence-electron chi connectivity index (χ4n) is 3.24. The number of allylic oxidation sites excluding steroid dienone is 8. The molecular formula is C26H26Cl2Hf. The molecule has 0 aromatic heterocycles. The Morgan fingerprint density at radius 1 is 0.552 bits per heavy atom. The normalized spacial score (nSPS) is 13.9. The minimum absolute atomic E-state index is 0. The van der Waals surface area contributed by atoms with Gasteiger partial charge in [0.2, 0.25) is 0 Å². The van der Waals surface area contributed by atoms with E-state index in [4.69, 9.17) is 0 Å². The molecular weight excluding hydrogens is 562 g/mol. The Labute approximate surface area is 207 Å². The van der Waals surface area contributed by atoms with Crippen molar-refractivity contribution in [2.24, 2.45) is 0 Å². The molecule has 0 aliphatic heterocycles. The zero-order chi connectivity index (χ0) is 18.5. The Kier molecular flexibility index (Phi) is 12.7. The van der Waals surface area contributed by atoms with Crippen molar-refractivity contribution in [2.75, 3.05) is 0 Å². The van der Waals surface area contributed by atoms with Crippen LogP contribution < -0.4 is 24.8 Å². The molecule has 29 heavy (non-hydrogen) atoms. The number of hydrogen-bond donors (Lipinski definition) is 0. The number of hydrogen-bond acceptors (Lipinski definition) is 0. The van der Waals surface area contributed by atoms with Gasteiger partial charge in [0.15, 0.2) is 0 Å². The van der Waals surface area contributed by atoms with Crippen molar-refractivity contribution in [3.63, 3.8) is 0 Å². The van der Waals surface area contributed by atoms with Crippen LogP contribution >= 0.6 is 0 Å². The Hall–Kier alpha value is -1.15. The second-order valence-electron chi connectivity index (χ2n) is 6.98. The van der Waals surface area contributed by atoms with Crippen LogP contribution in [-0.4, -0.2) is 0 Å². The first-order chi connectivity index (χ1) is 12.5. The Morgan fingerprint density at radius 3 is 1.10 bits per heavy atom. The molecule has 0 fully saturated rings. The third-order valence-electron chi connectivity index (χ3n) is 4.88. The molecule has 148 valence electrons. The molecule has 0 nitrogen and oxygen atoms in total. The fourth-order valence-corrected chi connectivity index (χ4v) is 3.24. The van der Waals surface area contributed by atoms with Gasteiger partial charge in [-0.15, -0.1) is 24.0 Å². The molecule has 0 N–H and O–H groups in total. The standard InChI is InChI=1S/2C13H13.2ClH.Hf/c2*1-10-6-8-12(9-7-10)13-5-3-4-11(13)2;;;/h2*5-9H,3H2,1-2H3;2*1H;/q2*-1;;;+4/p-2. The third-order valence-corrected chi connectivity index (χ3v) is 4.88. The average Bonchev–Trinajstić information content (AvgIpc) is 3.25. The molecule has 4 rings (SSSR count). The molecule has 0 saturated carbocycles. The summed E-state index contributed by atoms with van der Waals surface area (Å²) in [6.07, 6.45) is 13.0. The minimum atomic E-state index is 0. The van der Waals surface area contributed by atoms with Gasteiger partial charge >= 0.3 is 25.8 Å². The Bertz CT molecular complexity index is 821. The number of aryl methyl sites for hydroxylation is 2. The van der Waals surface area contributed by atoms with Gasteiger partial charge in [0.05, 0.1) is 0 Å². The largest absolute Gasteiger partial charge is 4.00 e. The van der Waals surface area contributed by atoms with Crippen LogP contribution in [0.25, 0.3) is 11.1 Å². The minimum Gasteiger partial charge on any atom is -1.00 e. The molecule has 0 radical (unpaired) electrons. The molecule has 0 spiro atoms. The summed E-state index contributed by atoms with van der Waals surface area (Å²) in [4.78, 5) is 0. The molecule has 2 aromatic carbocycles. The molecule has 2 aliphatic carbocycles. The van der Waals surface area contributed by atoms with Crippen molar-refractivity contribution in [1.82, 2.24) is 0 Å². The van der Waals surface area contributed by atoms with E-state index in [1.54, 1.807) is 0 Å². The van der Waals surface area contributed by atoms with E-state index in [1.165, 1.54) is 44.5 Å². The van der Waals surface area contributed by atoms with Crippen LogP contribution in [0.4, 0.5) is 0 Å². The van der Waals surface area contributed by atoms with Crippen molar-refractivity contribution >= 4 is 11.1 Å².